The number of H-pyrrole nitrogens is 1. The Hall–Kier alpha value is -1.56. The molecular weight excluding hydrogens is 232 g/mol. The van der Waals surface area contributed by atoms with Gasteiger partial charge in [0.15, 0.2) is 5.65 Å². The maximum absolute atomic E-state index is 11.9. The molecule has 0 spiro atoms. The summed E-state index contributed by atoms with van der Waals surface area (Å²) in [7, 11) is 1.58. The van der Waals surface area contributed by atoms with Crippen molar-refractivity contribution in [3.63, 3.8) is 0 Å². The molecule has 2 rings (SSSR count). The van der Waals surface area contributed by atoms with E-state index in [1.54, 1.807) is 14.0 Å². The number of halogens is 1. The Morgan fingerprint density at radius 1 is 1.44 bits per heavy atom. The van der Waals surface area contributed by atoms with Crippen LogP contribution in [0, 0.1) is 0 Å². The van der Waals surface area contributed by atoms with Crippen LogP contribution in [0.2, 0.25) is 0 Å². The minimum Gasteiger partial charge on any atom is -0.335 e. The van der Waals surface area contributed by atoms with Crippen LogP contribution >= 0.6 is 11.6 Å². The van der Waals surface area contributed by atoms with Gasteiger partial charge in [0.25, 0.3) is 5.56 Å². The Balaban J connectivity index is 2.99. The van der Waals surface area contributed by atoms with E-state index in [4.69, 9.17) is 11.6 Å². The molecule has 6 nitrogen and oxygen atoms in total. The number of aryl methyl sites for hydroxylation is 1. The zero-order valence-corrected chi connectivity index (χ0v) is 9.71. The Morgan fingerprint density at radius 2 is 2.12 bits per heavy atom. The van der Waals surface area contributed by atoms with Crippen molar-refractivity contribution in [2.24, 2.45) is 7.05 Å². The van der Waals surface area contributed by atoms with Gasteiger partial charge < -0.3 is 4.98 Å². The lowest BCUT2D eigenvalue weighted by Gasteiger charge is -2.03. The average molecular weight is 243 g/mol. The average Bonchev–Trinajstić information content (AvgIpc) is 2.71. The lowest BCUT2D eigenvalue weighted by Crippen LogP contribution is -2.38. The number of fused-ring (bicyclic) bond motifs is 1. The number of hydrogen-bond donors (Lipinski definition) is 1. The second kappa shape index (κ2) is 3.79. The van der Waals surface area contributed by atoms with Gasteiger partial charge in [0.1, 0.15) is 11.3 Å². The van der Waals surface area contributed by atoms with Gasteiger partial charge in [-0.3, -0.25) is 13.9 Å². The molecule has 7 heteroatoms. The Labute approximate surface area is 95.5 Å². The first-order valence-electron chi connectivity index (χ1n) is 4.84. The number of hydrogen-bond acceptors (Lipinski definition) is 3. The van der Waals surface area contributed by atoms with Crippen LogP contribution in [-0.4, -0.2) is 19.1 Å². The first-order chi connectivity index (χ1) is 7.60. The van der Waals surface area contributed by atoms with Crippen LogP contribution in [-0.2, 0) is 19.5 Å². The standard InChI is InChI=1S/C9H11ClN4O2/c1-3-14-8(15)6-7(13(2)9(14)16)12-5(4-10)11-6/h3-4H2,1-2H3,(H,11,12). The fourth-order valence-corrected chi connectivity index (χ4v) is 1.77. The largest absolute Gasteiger partial charge is 0.335 e. The van der Waals surface area contributed by atoms with E-state index in [0.717, 1.165) is 4.57 Å². The minimum atomic E-state index is -0.368. The van der Waals surface area contributed by atoms with Crippen molar-refractivity contribution in [2.75, 3.05) is 0 Å². The van der Waals surface area contributed by atoms with Crippen molar-refractivity contribution in [3.05, 3.63) is 26.7 Å². The number of alkyl halides is 1. The number of nitrogens with one attached hydrogen (secondary N) is 1. The summed E-state index contributed by atoms with van der Waals surface area (Å²) in [6, 6.07) is 0. The van der Waals surface area contributed by atoms with E-state index in [0.29, 0.717) is 23.5 Å². The summed E-state index contributed by atoms with van der Waals surface area (Å²) in [5.41, 5.74) is -0.0629. The highest BCUT2D eigenvalue weighted by Crippen LogP contribution is 2.05. The molecule has 0 fully saturated rings. The Morgan fingerprint density at radius 3 is 2.69 bits per heavy atom. The molecule has 16 heavy (non-hydrogen) atoms. The summed E-state index contributed by atoms with van der Waals surface area (Å²) in [5, 5.41) is 0. The molecule has 0 saturated heterocycles. The van der Waals surface area contributed by atoms with E-state index in [9.17, 15) is 9.59 Å². The molecule has 0 aliphatic carbocycles. The second-order valence-electron chi connectivity index (χ2n) is 3.41. The van der Waals surface area contributed by atoms with Crippen molar-refractivity contribution in [1.29, 1.82) is 0 Å². The smallest absolute Gasteiger partial charge is 0.332 e. The molecule has 0 radical (unpaired) electrons. The molecule has 0 aromatic carbocycles. The van der Waals surface area contributed by atoms with Crippen LogP contribution in [0.4, 0.5) is 0 Å². The maximum atomic E-state index is 11.9. The highest BCUT2D eigenvalue weighted by molar-refractivity contribution is 6.16. The zero-order chi connectivity index (χ0) is 11.9. The molecule has 1 N–H and O–H groups in total. The van der Waals surface area contributed by atoms with Crippen LogP contribution in [0.5, 0.6) is 0 Å². The minimum absolute atomic E-state index is 0.175. The maximum Gasteiger partial charge on any atom is 0.332 e. The van der Waals surface area contributed by atoms with Crippen molar-refractivity contribution < 1.29 is 0 Å². The zero-order valence-electron chi connectivity index (χ0n) is 8.95. The Bertz CT molecular complexity index is 652. The van der Waals surface area contributed by atoms with Crippen LogP contribution in [0.3, 0.4) is 0 Å². The molecule has 2 aromatic rings. The number of aromatic amines is 1. The number of aromatic nitrogens is 4. The van der Waals surface area contributed by atoms with Crippen LogP contribution in [0.1, 0.15) is 12.7 Å². The molecule has 0 aliphatic heterocycles. The van der Waals surface area contributed by atoms with E-state index >= 15 is 0 Å². The van der Waals surface area contributed by atoms with E-state index in [-0.39, 0.29) is 17.1 Å². The second-order valence-corrected chi connectivity index (χ2v) is 3.67. The molecule has 0 saturated carbocycles. The van der Waals surface area contributed by atoms with Gasteiger partial charge >= 0.3 is 5.69 Å². The summed E-state index contributed by atoms with van der Waals surface area (Å²) in [4.78, 5) is 30.6. The molecule has 0 amide bonds. The van der Waals surface area contributed by atoms with E-state index in [2.05, 4.69) is 9.97 Å². The monoisotopic (exact) mass is 242 g/mol. The molecule has 0 unspecified atom stereocenters. The van der Waals surface area contributed by atoms with Crippen LogP contribution in [0.15, 0.2) is 9.59 Å². The van der Waals surface area contributed by atoms with Gasteiger partial charge in [-0.25, -0.2) is 9.78 Å². The number of rotatable bonds is 2. The van der Waals surface area contributed by atoms with Crippen molar-refractivity contribution >= 4 is 22.8 Å². The first kappa shape index (κ1) is 10.9. The highest BCUT2D eigenvalue weighted by atomic mass is 35.5. The van der Waals surface area contributed by atoms with Gasteiger partial charge in [0, 0.05) is 13.6 Å². The van der Waals surface area contributed by atoms with Gasteiger partial charge in [0.05, 0.1) is 5.88 Å². The predicted octanol–water partition coefficient (Wildman–Crippen LogP) is 0.182. The van der Waals surface area contributed by atoms with Crippen molar-refractivity contribution in [1.82, 2.24) is 19.1 Å². The highest BCUT2D eigenvalue weighted by Gasteiger charge is 2.13. The first-order valence-corrected chi connectivity index (χ1v) is 5.38. The molecule has 0 bridgehead atoms. The number of imidazole rings is 1. The van der Waals surface area contributed by atoms with Crippen LogP contribution in [0.25, 0.3) is 11.2 Å². The third kappa shape index (κ3) is 1.37. The topological polar surface area (TPSA) is 72.7 Å². The fraction of sp³-hybridized carbons (Fsp3) is 0.444. The van der Waals surface area contributed by atoms with Gasteiger partial charge in [-0.15, -0.1) is 11.6 Å². The van der Waals surface area contributed by atoms with Gasteiger partial charge in [-0.2, -0.15) is 0 Å². The normalized spacial score (nSPS) is 11.2. The SMILES string of the molecule is CCn1c(=O)c2[nH]c(CCl)nc2n(C)c1=O. The lowest BCUT2D eigenvalue weighted by molar-refractivity contribution is 0.637. The van der Waals surface area contributed by atoms with Crippen molar-refractivity contribution in [3.8, 4) is 0 Å². The third-order valence-corrected chi connectivity index (χ3v) is 2.72. The Kier molecular flexibility index (Phi) is 2.59. The van der Waals surface area contributed by atoms with Crippen LogP contribution < -0.4 is 11.2 Å². The summed E-state index contributed by atoms with van der Waals surface area (Å²) in [5.74, 6) is 0.659. The molecule has 0 aliphatic rings. The van der Waals surface area contributed by atoms with E-state index in [1.807, 2.05) is 0 Å². The summed E-state index contributed by atoms with van der Waals surface area (Å²) in [6.45, 7) is 2.07. The van der Waals surface area contributed by atoms with Gasteiger partial charge in [-0.1, -0.05) is 0 Å². The molecule has 2 heterocycles. The lowest BCUT2D eigenvalue weighted by atomic mass is 10.5. The third-order valence-electron chi connectivity index (χ3n) is 2.47. The van der Waals surface area contributed by atoms with Crippen molar-refractivity contribution in [2.45, 2.75) is 19.3 Å². The van der Waals surface area contributed by atoms with Gasteiger partial charge in [0.2, 0.25) is 0 Å². The quantitative estimate of drug-likeness (QED) is 0.764. The molecule has 2 aromatic heterocycles. The van der Waals surface area contributed by atoms with Gasteiger partial charge in [-0.05, 0) is 6.92 Å². The summed E-state index contributed by atoms with van der Waals surface area (Å²) in [6.07, 6.45) is 0. The van der Waals surface area contributed by atoms with E-state index in [1.165, 1.54) is 4.57 Å². The summed E-state index contributed by atoms with van der Waals surface area (Å²) >= 11 is 5.63. The number of nitrogens with zero attached hydrogens (tertiary/aromatic N) is 3. The molecular formula is C9H11ClN4O2. The molecule has 0 atom stereocenters. The molecule has 86 valence electrons. The fourth-order valence-electron chi connectivity index (χ4n) is 1.64. The summed E-state index contributed by atoms with van der Waals surface area (Å²) < 4.78 is 2.49. The predicted molar refractivity (Wildman–Crippen MR) is 60.8 cm³/mol. The van der Waals surface area contributed by atoms with E-state index < -0.39 is 0 Å².